The molecule has 9 heteroatoms. The van der Waals surface area contributed by atoms with E-state index in [9.17, 15) is 26.3 Å². The Hall–Kier alpha value is -2.68. The van der Waals surface area contributed by atoms with Crippen molar-refractivity contribution in [3.8, 4) is 17.9 Å². The van der Waals surface area contributed by atoms with Gasteiger partial charge in [-0.05, 0) is 18.2 Å². The Bertz CT molecular complexity index is 673. The number of nitrogens with zero attached hydrogens (tertiary/aromatic N) is 2. The number of hydrogen-bond donors (Lipinski definition) is 0. The summed E-state index contributed by atoms with van der Waals surface area (Å²) in [5.41, 5.74) is -4.73. The molecule has 0 aliphatic carbocycles. The average molecular weight is 320 g/mol. The third-order valence-electron chi connectivity index (χ3n) is 2.52. The van der Waals surface area contributed by atoms with Gasteiger partial charge in [-0.25, -0.2) is 0 Å². The van der Waals surface area contributed by atoms with E-state index in [1.165, 1.54) is 12.1 Å². The van der Waals surface area contributed by atoms with E-state index >= 15 is 0 Å². The Morgan fingerprint density at radius 2 is 1.59 bits per heavy atom. The molecule has 0 saturated heterocycles. The first-order chi connectivity index (χ1) is 10.0. The van der Waals surface area contributed by atoms with E-state index < -0.39 is 40.4 Å². The summed E-state index contributed by atoms with van der Waals surface area (Å²) in [6, 6.07) is 2.93. The van der Waals surface area contributed by atoms with Crippen molar-refractivity contribution in [2.24, 2.45) is 0 Å². The molecule has 0 amide bonds. The minimum absolute atomic E-state index is 0.0965. The van der Waals surface area contributed by atoms with Crippen molar-refractivity contribution in [2.75, 3.05) is 7.11 Å². The molecule has 0 atom stereocenters. The highest BCUT2D eigenvalue weighted by molar-refractivity contribution is 5.70. The maximum absolute atomic E-state index is 13.0. The number of methoxy groups -OCH3 is 1. The second-order valence-electron chi connectivity index (χ2n) is 3.92. The minimum Gasteiger partial charge on any atom is -0.496 e. The van der Waals surface area contributed by atoms with Crippen LogP contribution in [0.5, 0.6) is 5.75 Å². The van der Waals surface area contributed by atoms with Gasteiger partial charge < -0.3 is 4.74 Å². The fourth-order valence-electron chi connectivity index (χ4n) is 1.58. The molecule has 0 aromatic heterocycles. The van der Waals surface area contributed by atoms with E-state index in [1.807, 2.05) is 0 Å². The molecular formula is C13H6F6N2O. The summed E-state index contributed by atoms with van der Waals surface area (Å²) in [5.74, 6) is -0.745. The van der Waals surface area contributed by atoms with Crippen LogP contribution >= 0.6 is 0 Å². The average Bonchev–Trinajstić information content (AvgIpc) is 2.41. The topological polar surface area (TPSA) is 56.8 Å². The largest absolute Gasteiger partial charge is 0.496 e. The van der Waals surface area contributed by atoms with Crippen LogP contribution in [0.25, 0.3) is 6.08 Å². The molecule has 0 aliphatic rings. The lowest BCUT2D eigenvalue weighted by Gasteiger charge is -2.17. The van der Waals surface area contributed by atoms with Crippen LogP contribution in [0.1, 0.15) is 16.7 Å². The molecule has 0 saturated carbocycles. The predicted molar refractivity (Wildman–Crippen MR) is 62.2 cm³/mol. The van der Waals surface area contributed by atoms with E-state index in [1.54, 1.807) is 0 Å². The van der Waals surface area contributed by atoms with Crippen molar-refractivity contribution in [1.29, 1.82) is 10.5 Å². The molecule has 0 heterocycles. The normalized spacial score (nSPS) is 11.3. The highest BCUT2D eigenvalue weighted by atomic mass is 19.4. The Labute approximate surface area is 120 Å². The summed E-state index contributed by atoms with van der Waals surface area (Å²) in [7, 11) is 0.880. The number of halogens is 6. The van der Waals surface area contributed by atoms with Crippen LogP contribution in [-0.2, 0) is 12.4 Å². The lowest BCUT2D eigenvalue weighted by atomic mass is 9.99. The second-order valence-corrected chi connectivity index (χ2v) is 3.92. The van der Waals surface area contributed by atoms with Crippen molar-refractivity contribution in [2.45, 2.75) is 12.4 Å². The van der Waals surface area contributed by atoms with Gasteiger partial charge in [-0.15, -0.1) is 0 Å². The van der Waals surface area contributed by atoms with Crippen molar-refractivity contribution in [3.05, 3.63) is 34.4 Å². The quantitative estimate of drug-likeness (QED) is 0.607. The third-order valence-corrected chi connectivity index (χ3v) is 2.52. The van der Waals surface area contributed by atoms with E-state index in [-0.39, 0.29) is 6.07 Å². The predicted octanol–water partition coefficient (Wildman–Crippen LogP) is 4.16. The fourth-order valence-corrected chi connectivity index (χ4v) is 1.58. The van der Waals surface area contributed by atoms with Crippen LogP contribution in [0, 0.1) is 22.7 Å². The van der Waals surface area contributed by atoms with Gasteiger partial charge in [0.2, 0.25) is 0 Å². The molecule has 1 rings (SSSR count). The lowest BCUT2D eigenvalue weighted by molar-refractivity contribution is -0.143. The molecule has 1 aromatic carbocycles. The SMILES string of the molecule is COc1cc(C(F)(F)F)cc(C(F)(F)F)c1C=C(C#N)C#N. The molecule has 0 spiro atoms. The molecule has 0 fully saturated rings. The van der Waals surface area contributed by atoms with Gasteiger partial charge in [0.05, 0.1) is 18.2 Å². The highest BCUT2D eigenvalue weighted by Gasteiger charge is 2.39. The van der Waals surface area contributed by atoms with Crippen molar-refractivity contribution >= 4 is 6.08 Å². The summed E-state index contributed by atoms with van der Waals surface area (Å²) in [5, 5.41) is 17.2. The van der Waals surface area contributed by atoms with Gasteiger partial charge in [0, 0.05) is 5.56 Å². The number of alkyl halides is 6. The van der Waals surface area contributed by atoms with Gasteiger partial charge >= 0.3 is 12.4 Å². The number of rotatable bonds is 2. The van der Waals surface area contributed by atoms with Crippen LogP contribution < -0.4 is 4.74 Å². The van der Waals surface area contributed by atoms with Crippen LogP contribution in [0.15, 0.2) is 17.7 Å². The zero-order valence-electron chi connectivity index (χ0n) is 10.8. The first kappa shape index (κ1) is 17.4. The van der Waals surface area contributed by atoms with Crippen LogP contribution in [-0.4, -0.2) is 7.11 Å². The van der Waals surface area contributed by atoms with Crippen LogP contribution in [0.2, 0.25) is 0 Å². The summed E-state index contributed by atoms with van der Waals surface area (Å²) >= 11 is 0. The van der Waals surface area contributed by atoms with E-state index in [4.69, 9.17) is 10.5 Å². The number of ether oxygens (including phenoxy) is 1. The van der Waals surface area contributed by atoms with E-state index in [0.29, 0.717) is 12.1 Å². The van der Waals surface area contributed by atoms with Crippen molar-refractivity contribution in [1.82, 2.24) is 0 Å². The maximum Gasteiger partial charge on any atom is 0.417 e. The molecule has 0 N–H and O–H groups in total. The summed E-state index contributed by atoms with van der Waals surface area (Å²) in [6.45, 7) is 0. The molecule has 116 valence electrons. The smallest absolute Gasteiger partial charge is 0.417 e. The molecule has 0 radical (unpaired) electrons. The zero-order chi connectivity index (χ0) is 17.1. The van der Waals surface area contributed by atoms with Crippen molar-refractivity contribution < 1.29 is 31.1 Å². The number of allylic oxidation sites excluding steroid dienone is 1. The Morgan fingerprint density at radius 3 is 1.95 bits per heavy atom. The molecule has 0 aliphatic heterocycles. The molecule has 1 aromatic rings. The van der Waals surface area contributed by atoms with Crippen LogP contribution in [0.4, 0.5) is 26.3 Å². The van der Waals surface area contributed by atoms with Gasteiger partial charge in [0.25, 0.3) is 0 Å². The highest BCUT2D eigenvalue weighted by Crippen LogP contribution is 2.42. The second kappa shape index (κ2) is 5.98. The van der Waals surface area contributed by atoms with Crippen LogP contribution in [0.3, 0.4) is 0 Å². The zero-order valence-corrected chi connectivity index (χ0v) is 10.8. The Morgan fingerprint density at radius 1 is 1.05 bits per heavy atom. The lowest BCUT2D eigenvalue weighted by Crippen LogP contribution is -2.13. The molecule has 0 bridgehead atoms. The molecule has 3 nitrogen and oxygen atoms in total. The Balaban J connectivity index is 3.80. The van der Waals surface area contributed by atoms with Gasteiger partial charge in [0.1, 0.15) is 23.5 Å². The first-order valence-corrected chi connectivity index (χ1v) is 5.43. The molecular weight excluding hydrogens is 314 g/mol. The number of benzene rings is 1. The summed E-state index contributed by atoms with van der Waals surface area (Å²) < 4.78 is 81.4. The van der Waals surface area contributed by atoms with E-state index in [2.05, 4.69) is 4.74 Å². The standard InChI is InChI=1S/C13H6F6N2O/c1-22-11-4-8(12(14,15)16)3-10(13(17,18)19)9(11)2-7(5-20)6-21/h2-4H,1H3. The van der Waals surface area contributed by atoms with Gasteiger partial charge in [-0.2, -0.15) is 36.9 Å². The Kier molecular flexibility index (Phi) is 4.72. The van der Waals surface area contributed by atoms with Crippen molar-refractivity contribution in [3.63, 3.8) is 0 Å². The van der Waals surface area contributed by atoms with Gasteiger partial charge in [-0.1, -0.05) is 0 Å². The molecule has 0 unspecified atom stereocenters. The first-order valence-electron chi connectivity index (χ1n) is 5.43. The molecule has 22 heavy (non-hydrogen) atoms. The number of hydrogen-bond acceptors (Lipinski definition) is 3. The fraction of sp³-hybridized carbons (Fsp3) is 0.231. The maximum atomic E-state index is 13.0. The monoisotopic (exact) mass is 320 g/mol. The number of nitriles is 2. The summed E-state index contributed by atoms with van der Waals surface area (Å²) in [4.78, 5) is 0. The van der Waals surface area contributed by atoms with E-state index in [0.717, 1.165) is 7.11 Å². The summed E-state index contributed by atoms with van der Waals surface area (Å²) in [6.07, 6.45) is -9.61. The van der Waals surface area contributed by atoms with Gasteiger partial charge in [-0.3, -0.25) is 0 Å². The van der Waals surface area contributed by atoms with Gasteiger partial charge in [0.15, 0.2) is 0 Å². The minimum atomic E-state index is -5.13. The third kappa shape index (κ3) is 3.70.